The monoisotopic (exact) mass is 357 g/mol. The van der Waals surface area contributed by atoms with Gasteiger partial charge >= 0.3 is 6.03 Å². The van der Waals surface area contributed by atoms with Gasteiger partial charge in [0.2, 0.25) is 5.91 Å². The van der Waals surface area contributed by atoms with Crippen LogP contribution in [0.4, 0.5) is 4.79 Å². The lowest BCUT2D eigenvalue weighted by Gasteiger charge is -2.29. The molecule has 5 heteroatoms. The summed E-state index contributed by atoms with van der Waals surface area (Å²) >= 11 is 0. The molecule has 26 heavy (non-hydrogen) atoms. The van der Waals surface area contributed by atoms with Crippen molar-refractivity contribution in [2.45, 2.75) is 70.4 Å². The molecule has 1 aromatic rings. The van der Waals surface area contributed by atoms with E-state index >= 15 is 0 Å². The number of nitrogens with zero attached hydrogens (tertiary/aromatic N) is 1. The summed E-state index contributed by atoms with van der Waals surface area (Å²) in [5.74, 6) is 0.0467. The number of benzene rings is 1. The second-order valence-corrected chi connectivity index (χ2v) is 7.48. The topological polar surface area (TPSA) is 61.4 Å². The molecule has 3 rings (SSSR count). The number of carbonyl (C=O) groups excluding carboxylic acids is 2. The summed E-state index contributed by atoms with van der Waals surface area (Å²) in [5, 5.41) is 6.03. The number of hydrogen-bond donors (Lipinski definition) is 2. The summed E-state index contributed by atoms with van der Waals surface area (Å²) in [5.41, 5.74) is 2.62. The van der Waals surface area contributed by atoms with Crippen molar-refractivity contribution in [3.8, 4) is 0 Å². The molecular formula is C21H31N3O2. The van der Waals surface area contributed by atoms with Gasteiger partial charge < -0.3 is 15.5 Å². The molecule has 0 unspecified atom stereocenters. The molecule has 2 N–H and O–H groups in total. The lowest BCUT2D eigenvalue weighted by molar-refractivity contribution is -0.121. The quantitative estimate of drug-likeness (QED) is 0.784. The number of amides is 3. The average molecular weight is 357 g/mol. The maximum absolute atomic E-state index is 12.7. The number of nitrogens with one attached hydrogen (secondary N) is 2. The summed E-state index contributed by atoms with van der Waals surface area (Å²) in [6, 6.07) is 8.84. The molecule has 0 aromatic heterocycles. The van der Waals surface area contributed by atoms with Crippen LogP contribution in [0.2, 0.25) is 0 Å². The third-order valence-electron chi connectivity index (χ3n) is 5.55. The SMILES string of the molecule is CCCN(C(=O)NCCC(=O)NC1CCCC1)[C@H]1CCc2ccccc21. The standard InChI is InChI=1S/C21H31N3O2/c1-2-15-24(19-12-11-16-7-3-6-10-18(16)19)21(26)22-14-13-20(25)23-17-8-4-5-9-17/h3,6-7,10,17,19H,2,4-5,8-9,11-15H2,1H3,(H,22,26)(H,23,25)/t19-/m0/s1. The van der Waals surface area contributed by atoms with E-state index in [9.17, 15) is 9.59 Å². The van der Waals surface area contributed by atoms with E-state index in [0.717, 1.165) is 38.6 Å². The third kappa shape index (κ3) is 4.57. The van der Waals surface area contributed by atoms with Crippen molar-refractivity contribution < 1.29 is 9.59 Å². The minimum absolute atomic E-state index is 0.0467. The fraction of sp³-hybridized carbons (Fsp3) is 0.619. The molecule has 1 atom stereocenters. The Bertz CT molecular complexity index is 625. The zero-order chi connectivity index (χ0) is 18.4. The van der Waals surface area contributed by atoms with Gasteiger partial charge in [-0.1, -0.05) is 44.0 Å². The van der Waals surface area contributed by atoms with Gasteiger partial charge in [0.1, 0.15) is 0 Å². The molecule has 0 heterocycles. The van der Waals surface area contributed by atoms with Gasteiger partial charge in [-0.05, 0) is 43.2 Å². The van der Waals surface area contributed by atoms with Gasteiger partial charge in [0, 0.05) is 25.6 Å². The maximum atomic E-state index is 12.7. The molecule has 0 spiro atoms. The number of rotatable bonds is 7. The Morgan fingerprint density at radius 1 is 1.15 bits per heavy atom. The Balaban J connectivity index is 1.50. The van der Waals surface area contributed by atoms with Gasteiger partial charge in [-0.3, -0.25) is 4.79 Å². The Kier molecular flexibility index (Phi) is 6.53. The van der Waals surface area contributed by atoms with Crippen molar-refractivity contribution >= 4 is 11.9 Å². The predicted octanol–water partition coefficient (Wildman–Crippen LogP) is 3.54. The van der Waals surface area contributed by atoms with Crippen LogP contribution in [0.25, 0.3) is 0 Å². The molecule has 2 aliphatic carbocycles. The van der Waals surface area contributed by atoms with Crippen molar-refractivity contribution in [3.63, 3.8) is 0 Å². The van der Waals surface area contributed by atoms with Gasteiger partial charge in [0.25, 0.3) is 0 Å². The van der Waals surface area contributed by atoms with Gasteiger partial charge in [-0.15, -0.1) is 0 Å². The Morgan fingerprint density at radius 3 is 2.69 bits per heavy atom. The lowest BCUT2D eigenvalue weighted by Crippen LogP contribution is -2.43. The summed E-state index contributed by atoms with van der Waals surface area (Å²) < 4.78 is 0. The van der Waals surface area contributed by atoms with Gasteiger partial charge in [0.05, 0.1) is 6.04 Å². The van der Waals surface area contributed by atoms with Crippen LogP contribution < -0.4 is 10.6 Å². The second-order valence-electron chi connectivity index (χ2n) is 7.48. The van der Waals surface area contributed by atoms with E-state index in [2.05, 4.69) is 35.8 Å². The minimum Gasteiger partial charge on any atom is -0.353 e. The maximum Gasteiger partial charge on any atom is 0.317 e. The van der Waals surface area contributed by atoms with Gasteiger partial charge in [-0.25, -0.2) is 4.79 Å². The zero-order valence-electron chi connectivity index (χ0n) is 15.8. The Hall–Kier alpha value is -2.04. The van der Waals surface area contributed by atoms with Crippen LogP contribution in [0.1, 0.15) is 69.0 Å². The number of fused-ring (bicyclic) bond motifs is 1. The van der Waals surface area contributed by atoms with E-state index in [4.69, 9.17) is 0 Å². The highest BCUT2D eigenvalue weighted by molar-refractivity contribution is 5.78. The Morgan fingerprint density at radius 2 is 1.92 bits per heavy atom. The average Bonchev–Trinajstić information content (AvgIpc) is 3.29. The van der Waals surface area contributed by atoms with Crippen molar-refractivity contribution in [2.24, 2.45) is 0 Å². The fourth-order valence-electron chi connectivity index (χ4n) is 4.25. The first-order chi connectivity index (χ1) is 12.7. The molecular weight excluding hydrogens is 326 g/mol. The molecule has 0 saturated heterocycles. The molecule has 1 aromatic carbocycles. The second kappa shape index (κ2) is 9.06. The van der Waals surface area contributed by atoms with E-state index in [0.29, 0.717) is 19.0 Å². The van der Waals surface area contributed by atoms with Crippen LogP contribution in [-0.2, 0) is 11.2 Å². The molecule has 0 bridgehead atoms. The van der Waals surface area contributed by atoms with E-state index in [1.807, 2.05) is 11.0 Å². The van der Waals surface area contributed by atoms with Crippen LogP contribution >= 0.6 is 0 Å². The van der Waals surface area contributed by atoms with Crippen molar-refractivity contribution in [1.29, 1.82) is 0 Å². The number of urea groups is 1. The number of carbonyl (C=O) groups is 2. The minimum atomic E-state index is -0.0535. The Labute approximate surface area is 156 Å². The fourth-order valence-corrected chi connectivity index (χ4v) is 4.25. The van der Waals surface area contributed by atoms with Crippen molar-refractivity contribution in [1.82, 2.24) is 15.5 Å². The van der Waals surface area contributed by atoms with Gasteiger partial charge in [0.15, 0.2) is 0 Å². The summed E-state index contributed by atoms with van der Waals surface area (Å²) in [4.78, 5) is 26.7. The van der Waals surface area contributed by atoms with Gasteiger partial charge in [-0.2, -0.15) is 0 Å². The zero-order valence-corrected chi connectivity index (χ0v) is 15.8. The first kappa shape index (κ1) is 18.7. The summed E-state index contributed by atoms with van der Waals surface area (Å²) in [6.45, 7) is 3.22. The number of hydrogen-bond acceptors (Lipinski definition) is 2. The highest BCUT2D eigenvalue weighted by atomic mass is 16.2. The van der Waals surface area contributed by atoms with Crippen molar-refractivity contribution in [3.05, 3.63) is 35.4 Å². The molecule has 0 radical (unpaired) electrons. The van der Waals surface area contributed by atoms with Crippen LogP contribution in [0.5, 0.6) is 0 Å². The largest absolute Gasteiger partial charge is 0.353 e. The summed E-state index contributed by atoms with van der Waals surface area (Å²) in [7, 11) is 0. The third-order valence-corrected chi connectivity index (χ3v) is 5.55. The molecule has 2 aliphatic rings. The van der Waals surface area contributed by atoms with Crippen LogP contribution in [-0.4, -0.2) is 36.0 Å². The predicted molar refractivity (Wildman–Crippen MR) is 103 cm³/mol. The van der Waals surface area contributed by atoms with E-state index in [1.165, 1.54) is 24.0 Å². The first-order valence-corrected chi connectivity index (χ1v) is 10.1. The van der Waals surface area contributed by atoms with E-state index in [-0.39, 0.29) is 18.0 Å². The molecule has 0 aliphatic heterocycles. The normalized spacial score (nSPS) is 19.2. The number of aryl methyl sites for hydroxylation is 1. The molecule has 1 fully saturated rings. The summed E-state index contributed by atoms with van der Waals surface area (Å²) in [6.07, 6.45) is 7.87. The highest BCUT2D eigenvalue weighted by Gasteiger charge is 2.30. The molecule has 5 nitrogen and oxygen atoms in total. The first-order valence-electron chi connectivity index (χ1n) is 10.1. The van der Waals surface area contributed by atoms with E-state index < -0.39 is 0 Å². The van der Waals surface area contributed by atoms with Crippen LogP contribution in [0.15, 0.2) is 24.3 Å². The highest BCUT2D eigenvalue weighted by Crippen LogP contribution is 2.35. The van der Waals surface area contributed by atoms with Crippen LogP contribution in [0, 0.1) is 0 Å². The molecule has 142 valence electrons. The van der Waals surface area contributed by atoms with Crippen LogP contribution in [0.3, 0.4) is 0 Å². The lowest BCUT2D eigenvalue weighted by atomic mass is 10.1. The smallest absolute Gasteiger partial charge is 0.317 e. The molecule has 1 saturated carbocycles. The molecule has 3 amide bonds. The van der Waals surface area contributed by atoms with E-state index in [1.54, 1.807) is 0 Å². The van der Waals surface area contributed by atoms with Crippen molar-refractivity contribution in [2.75, 3.05) is 13.1 Å².